The van der Waals surface area contributed by atoms with Crippen molar-refractivity contribution in [1.29, 1.82) is 0 Å². The molecular formula is C19H21N3O4. The van der Waals surface area contributed by atoms with Crippen LogP contribution in [0.5, 0.6) is 0 Å². The van der Waals surface area contributed by atoms with E-state index in [-0.39, 0.29) is 23.7 Å². The summed E-state index contributed by atoms with van der Waals surface area (Å²) in [4.78, 5) is 40.8. The largest absolute Gasteiger partial charge is 0.378 e. The SMILES string of the molecule is NC(=O)c1cc(N2C(=O)[C@@H]3CC=CC[C@H]3C2=O)ccc1N1CCOCC1. The average molecular weight is 355 g/mol. The number of carbonyl (C=O) groups excluding carboxylic acids is 3. The van der Waals surface area contributed by atoms with Crippen LogP contribution in [0.3, 0.4) is 0 Å². The van der Waals surface area contributed by atoms with Crippen molar-refractivity contribution in [3.05, 3.63) is 35.9 Å². The van der Waals surface area contributed by atoms with Gasteiger partial charge in [0.2, 0.25) is 11.8 Å². The number of carbonyl (C=O) groups is 3. The molecule has 3 aliphatic rings. The summed E-state index contributed by atoms with van der Waals surface area (Å²) in [5, 5.41) is 0. The summed E-state index contributed by atoms with van der Waals surface area (Å²) < 4.78 is 5.35. The molecule has 1 aliphatic carbocycles. The second kappa shape index (κ2) is 6.57. The Morgan fingerprint density at radius 2 is 1.65 bits per heavy atom. The Morgan fingerprint density at radius 3 is 2.23 bits per heavy atom. The molecule has 7 nitrogen and oxygen atoms in total. The molecule has 4 rings (SSSR count). The predicted molar refractivity (Wildman–Crippen MR) is 95.8 cm³/mol. The lowest BCUT2D eigenvalue weighted by atomic mass is 9.85. The maximum Gasteiger partial charge on any atom is 0.250 e. The number of ether oxygens (including phenoxy) is 1. The number of imide groups is 1. The highest BCUT2D eigenvalue weighted by molar-refractivity contribution is 6.22. The van der Waals surface area contributed by atoms with Crippen LogP contribution in [0.25, 0.3) is 0 Å². The van der Waals surface area contributed by atoms with Gasteiger partial charge >= 0.3 is 0 Å². The number of morpholine rings is 1. The van der Waals surface area contributed by atoms with Crippen molar-refractivity contribution in [2.24, 2.45) is 17.6 Å². The topological polar surface area (TPSA) is 92.9 Å². The summed E-state index contributed by atoms with van der Waals surface area (Å²) in [6, 6.07) is 5.05. The second-order valence-electron chi connectivity index (χ2n) is 6.83. The monoisotopic (exact) mass is 355 g/mol. The minimum atomic E-state index is -0.577. The number of allylic oxidation sites excluding steroid dienone is 2. The van der Waals surface area contributed by atoms with E-state index in [9.17, 15) is 14.4 Å². The van der Waals surface area contributed by atoms with Gasteiger partial charge in [0.05, 0.1) is 36.3 Å². The molecule has 0 unspecified atom stereocenters. The molecule has 0 saturated carbocycles. The zero-order valence-corrected chi connectivity index (χ0v) is 14.4. The van der Waals surface area contributed by atoms with Gasteiger partial charge in [-0.15, -0.1) is 0 Å². The fourth-order valence-electron chi connectivity index (χ4n) is 4.00. The second-order valence-corrected chi connectivity index (χ2v) is 6.83. The molecule has 2 aliphatic heterocycles. The minimum absolute atomic E-state index is 0.195. The Morgan fingerprint density at radius 1 is 1.04 bits per heavy atom. The highest BCUT2D eigenvalue weighted by Gasteiger charge is 2.48. The van der Waals surface area contributed by atoms with Crippen molar-refractivity contribution in [1.82, 2.24) is 0 Å². The van der Waals surface area contributed by atoms with Crippen molar-refractivity contribution in [3.8, 4) is 0 Å². The van der Waals surface area contributed by atoms with Crippen LogP contribution in [0.2, 0.25) is 0 Å². The molecule has 2 atom stereocenters. The Bertz CT molecular complexity index is 772. The molecule has 3 amide bonds. The number of primary amides is 1. The quantitative estimate of drug-likeness (QED) is 0.647. The van der Waals surface area contributed by atoms with Crippen LogP contribution < -0.4 is 15.5 Å². The van der Waals surface area contributed by atoms with E-state index in [1.54, 1.807) is 18.2 Å². The molecular weight excluding hydrogens is 334 g/mol. The first-order valence-corrected chi connectivity index (χ1v) is 8.87. The number of amides is 3. The van der Waals surface area contributed by atoms with Gasteiger partial charge in [-0.1, -0.05) is 12.2 Å². The highest BCUT2D eigenvalue weighted by atomic mass is 16.5. The molecule has 1 aromatic carbocycles. The van der Waals surface area contributed by atoms with Crippen LogP contribution >= 0.6 is 0 Å². The highest BCUT2D eigenvalue weighted by Crippen LogP contribution is 2.38. The number of hydrogen-bond donors (Lipinski definition) is 1. The number of rotatable bonds is 3. The minimum Gasteiger partial charge on any atom is -0.378 e. The molecule has 1 aromatic rings. The first-order chi connectivity index (χ1) is 12.6. The summed E-state index contributed by atoms with van der Waals surface area (Å²) >= 11 is 0. The zero-order valence-electron chi connectivity index (χ0n) is 14.4. The number of fused-ring (bicyclic) bond motifs is 1. The van der Waals surface area contributed by atoms with Crippen LogP contribution in [-0.4, -0.2) is 44.0 Å². The number of nitrogens with two attached hydrogens (primary N) is 1. The van der Waals surface area contributed by atoms with Gasteiger partial charge < -0.3 is 15.4 Å². The van der Waals surface area contributed by atoms with E-state index in [1.807, 2.05) is 17.1 Å². The van der Waals surface area contributed by atoms with Crippen LogP contribution in [0.4, 0.5) is 11.4 Å². The normalized spacial score (nSPS) is 25.5. The Labute approximate surface area is 151 Å². The fourth-order valence-corrected chi connectivity index (χ4v) is 4.00. The van der Waals surface area contributed by atoms with E-state index in [0.717, 1.165) is 0 Å². The molecule has 0 aromatic heterocycles. The predicted octanol–water partition coefficient (Wildman–Crippen LogP) is 1.08. The van der Waals surface area contributed by atoms with Gasteiger partial charge in [0.15, 0.2) is 0 Å². The fraction of sp³-hybridized carbons (Fsp3) is 0.421. The third-order valence-corrected chi connectivity index (χ3v) is 5.36. The molecule has 0 bridgehead atoms. The summed E-state index contributed by atoms with van der Waals surface area (Å²) in [5.41, 5.74) is 7.03. The summed E-state index contributed by atoms with van der Waals surface area (Å²) in [7, 11) is 0. The lowest BCUT2D eigenvalue weighted by Crippen LogP contribution is -2.37. The number of anilines is 2. The van der Waals surface area contributed by atoms with Crippen LogP contribution in [0.1, 0.15) is 23.2 Å². The molecule has 2 saturated heterocycles. The summed E-state index contributed by atoms with van der Waals surface area (Å²) in [5.74, 6) is -1.57. The van der Waals surface area contributed by atoms with Crippen LogP contribution in [0, 0.1) is 11.8 Å². The number of nitrogens with zero attached hydrogens (tertiary/aromatic N) is 2. The Hall–Kier alpha value is -2.67. The van der Waals surface area contributed by atoms with E-state index >= 15 is 0 Å². The molecule has 0 radical (unpaired) electrons. The van der Waals surface area contributed by atoms with Gasteiger partial charge in [-0.25, -0.2) is 0 Å². The molecule has 0 spiro atoms. The van der Waals surface area contributed by atoms with Gasteiger partial charge in [0, 0.05) is 18.8 Å². The summed E-state index contributed by atoms with van der Waals surface area (Å²) in [6.07, 6.45) is 5.07. The van der Waals surface area contributed by atoms with Crippen molar-refractivity contribution < 1.29 is 19.1 Å². The van der Waals surface area contributed by atoms with E-state index in [2.05, 4.69) is 0 Å². The van der Waals surface area contributed by atoms with Crippen molar-refractivity contribution in [2.75, 3.05) is 36.1 Å². The number of hydrogen-bond acceptors (Lipinski definition) is 5. The van der Waals surface area contributed by atoms with Crippen molar-refractivity contribution in [3.63, 3.8) is 0 Å². The number of benzene rings is 1. The van der Waals surface area contributed by atoms with E-state index in [4.69, 9.17) is 10.5 Å². The standard InChI is InChI=1S/C19H21N3O4/c20-17(23)15-11-12(5-6-16(15)21-7-9-26-10-8-21)22-18(24)13-3-1-2-4-14(13)19(22)25/h1-2,5-6,11,13-14H,3-4,7-10H2,(H2,20,23)/t13-,14-/m1/s1. The van der Waals surface area contributed by atoms with E-state index < -0.39 is 5.91 Å². The van der Waals surface area contributed by atoms with Gasteiger partial charge in [-0.2, -0.15) is 0 Å². The third-order valence-electron chi connectivity index (χ3n) is 5.36. The van der Waals surface area contributed by atoms with Gasteiger partial charge in [0.1, 0.15) is 0 Å². The Kier molecular flexibility index (Phi) is 4.24. The maximum absolute atomic E-state index is 12.7. The third kappa shape index (κ3) is 2.68. The van der Waals surface area contributed by atoms with Gasteiger partial charge in [-0.05, 0) is 31.0 Å². The van der Waals surface area contributed by atoms with Crippen molar-refractivity contribution >= 4 is 29.1 Å². The molecule has 2 fully saturated rings. The van der Waals surface area contributed by atoms with E-state index in [1.165, 1.54) is 4.90 Å². The van der Waals surface area contributed by atoms with Crippen LogP contribution in [-0.2, 0) is 14.3 Å². The Balaban J connectivity index is 1.69. The lowest BCUT2D eigenvalue weighted by Gasteiger charge is -2.30. The van der Waals surface area contributed by atoms with E-state index in [0.29, 0.717) is 56.1 Å². The maximum atomic E-state index is 12.7. The molecule has 136 valence electrons. The molecule has 2 heterocycles. The van der Waals surface area contributed by atoms with Crippen molar-refractivity contribution in [2.45, 2.75) is 12.8 Å². The van der Waals surface area contributed by atoms with Crippen LogP contribution in [0.15, 0.2) is 30.4 Å². The molecule has 26 heavy (non-hydrogen) atoms. The lowest BCUT2D eigenvalue weighted by molar-refractivity contribution is -0.122. The first kappa shape index (κ1) is 16.8. The zero-order chi connectivity index (χ0) is 18.3. The molecule has 7 heteroatoms. The summed E-state index contributed by atoms with van der Waals surface area (Å²) in [6.45, 7) is 2.49. The average Bonchev–Trinajstić information content (AvgIpc) is 2.93. The van der Waals surface area contributed by atoms with Gasteiger partial charge in [0.25, 0.3) is 5.91 Å². The smallest absolute Gasteiger partial charge is 0.250 e. The first-order valence-electron chi connectivity index (χ1n) is 8.87. The van der Waals surface area contributed by atoms with Gasteiger partial charge in [-0.3, -0.25) is 19.3 Å². The molecule has 2 N–H and O–H groups in total.